The molecule has 2 aromatic heterocycles. The van der Waals surface area contributed by atoms with E-state index in [2.05, 4.69) is 10.3 Å². The third kappa shape index (κ3) is 2.75. The monoisotopic (exact) mass is 373 g/mol. The fourth-order valence-corrected chi connectivity index (χ4v) is 3.25. The van der Waals surface area contributed by atoms with E-state index in [1.807, 2.05) is 24.3 Å². The number of fused-ring (bicyclic) bond motifs is 1. The average molecular weight is 373 g/mol. The molecule has 136 valence electrons. The van der Waals surface area contributed by atoms with Gasteiger partial charge in [0.2, 0.25) is 0 Å². The highest BCUT2D eigenvalue weighted by Crippen LogP contribution is 2.32. The maximum Gasteiger partial charge on any atom is 0.174 e. The summed E-state index contributed by atoms with van der Waals surface area (Å²) in [5.41, 5.74) is 3.74. The first kappa shape index (κ1) is 16.4. The Balaban J connectivity index is 1.65. The molecule has 0 spiro atoms. The molecule has 0 bridgehead atoms. The molecule has 0 saturated carbocycles. The van der Waals surface area contributed by atoms with E-state index in [1.54, 1.807) is 35.1 Å². The second kappa shape index (κ2) is 6.42. The van der Waals surface area contributed by atoms with Crippen LogP contribution >= 0.6 is 0 Å². The Kier molecular flexibility index (Phi) is 3.76. The Morgan fingerprint density at radius 3 is 2.43 bits per heavy atom. The lowest BCUT2D eigenvalue weighted by Crippen LogP contribution is -1.99. The third-order valence-electron chi connectivity index (χ3n) is 4.57. The van der Waals surface area contributed by atoms with E-state index < -0.39 is 0 Å². The maximum absolute atomic E-state index is 13.6. The van der Waals surface area contributed by atoms with Gasteiger partial charge in [0.15, 0.2) is 5.76 Å². The van der Waals surface area contributed by atoms with Gasteiger partial charge in [0.05, 0.1) is 23.0 Å². The fourth-order valence-electron chi connectivity index (χ4n) is 3.25. The largest absolute Gasteiger partial charge is 0.355 e. The summed E-state index contributed by atoms with van der Waals surface area (Å²) in [7, 11) is 0. The van der Waals surface area contributed by atoms with Gasteiger partial charge in [0.1, 0.15) is 17.2 Å². The minimum atomic E-state index is -0.327. The van der Waals surface area contributed by atoms with Crippen LogP contribution in [0.1, 0.15) is 0 Å². The Morgan fingerprint density at radius 1 is 0.786 bits per heavy atom. The van der Waals surface area contributed by atoms with Crippen molar-refractivity contribution in [1.29, 1.82) is 0 Å². The second-order valence-electron chi connectivity index (χ2n) is 6.36. The van der Waals surface area contributed by atoms with Crippen molar-refractivity contribution in [3.8, 4) is 28.3 Å². The zero-order valence-corrected chi connectivity index (χ0v) is 14.5. The van der Waals surface area contributed by atoms with Crippen LogP contribution in [0.5, 0.6) is 0 Å². The summed E-state index contributed by atoms with van der Waals surface area (Å²) in [6, 6.07) is 19.9. The van der Waals surface area contributed by atoms with Crippen LogP contribution in [0, 0.1) is 11.6 Å². The summed E-state index contributed by atoms with van der Waals surface area (Å²) in [6.07, 6.45) is 1.67. The van der Waals surface area contributed by atoms with Crippen LogP contribution in [0.4, 0.5) is 8.78 Å². The smallest absolute Gasteiger partial charge is 0.174 e. The van der Waals surface area contributed by atoms with Gasteiger partial charge in [0.25, 0.3) is 0 Å². The van der Waals surface area contributed by atoms with Crippen LogP contribution in [-0.4, -0.2) is 14.9 Å². The number of rotatable bonds is 3. The molecule has 0 aliphatic heterocycles. The average Bonchev–Trinajstić information content (AvgIpc) is 3.35. The lowest BCUT2D eigenvalue weighted by Gasteiger charge is -2.08. The van der Waals surface area contributed by atoms with Gasteiger partial charge in [-0.1, -0.05) is 17.3 Å². The predicted molar refractivity (Wildman–Crippen MR) is 102 cm³/mol. The number of aromatic nitrogens is 3. The van der Waals surface area contributed by atoms with E-state index in [0.717, 1.165) is 22.2 Å². The van der Waals surface area contributed by atoms with Gasteiger partial charge >= 0.3 is 0 Å². The van der Waals surface area contributed by atoms with E-state index in [9.17, 15) is 8.78 Å². The highest BCUT2D eigenvalue weighted by Gasteiger charge is 2.14. The van der Waals surface area contributed by atoms with Crippen molar-refractivity contribution in [2.75, 3.05) is 0 Å². The fraction of sp³-hybridized carbons (Fsp3) is 0. The van der Waals surface area contributed by atoms with Gasteiger partial charge in [-0.2, -0.15) is 5.10 Å². The predicted octanol–water partition coefficient (Wildman–Crippen LogP) is 5.63. The maximum atomic E-state index is 13.6. The third-order valence-corrected chi connectivity index (χ3v) is 4.57. The topological polar surface area (TPSA) is 43.9 Å². The first-order valence-electron chi connectivity index (χ1n) is 8.65. The first-order chi connectivity index (χ1) is 13.7. The SMILES string of the molecule is Fc1ccc(-c2onc3ccc(-c4ccnn4-c4cccc(F)c4)cc23)cc1. The molecule has 4 nitrogen and oxygen atoms in total. The quantitative estimate of drug-likeness (QED) is 0.412. The molecule has 0 N–H and O–H groups in total. The summed E-state index contributed by atoms with van der Waals surface area (Å²) in [5.74, 6) is -0.0760. The summed E-state index contributed by atoms with van der Waals surface area (Å²) < 4.78 is 34.1. The summed E-state index contributed by atoms with van der Waals surface area (Å²) >= 11 is 0. The standard InChI is InChI=1S/C22H13F2N3O/c23-16-7-4-14(5-8-16)22-19-12-15(6-9-20(19)26-28-22)21-10-11-25-27(21)18-3-1-2-17(24)13-18/h1-13H. The molecule has 5 aromatic rings. The molecule has 0 atom stereocenters. The summed E-state index contributed by atoms with van der Waals surface area (Å²) in [4.78, 5) is 0. The van der Waals surface area contributed by atoms with Crippen molar-refractivity contribution in [2.24, 2.45) is 0 Å². The number of hydrogen-bond acceptors (Lipinski definition) is 3. The number of halogens is 2. The zero-order chi connectivity index (χ0) is 19.1. The molecule has 5 rings (SSSR count). The van der Waals surface area contributed by atoms with E-state index >= 15 is 0 Å². The van der Waals surface area contributed by atoms with Crippen molar-refractivity contribution >= 4 is 10.9 Å². The summed E-state index contributed by atoms with van der Waals surface area (Å²) in [6.45, 7) is 0. The Morgan fingerprint density at radius 2 is 1.61 bits per heavy atom. The Hall–Kier alpha value is -3.80. The van der Waals surface area contributed by atoms with Gasteiger partial charge in [-0.3, -0.25) is 0 Å². The van der Waals surface area contributed by atoms with Crippen LogP contribution in [0.3, 0.4) is 0 Å². The molecule has 0 aliphatic rings. The highest BCUT2D eigenvalue weighted by atomic mass is 19.1. The van der Waals surface area contributed by atoms with Gasteiger partial charge in [0, 0.05) is 11.1 Å². The Labute approximate surface area is 158 Å². The Bertz CT molecular complexity index is 1290. The summed E-state index contributed by atoms with van der Waals surface area (Å²) in [5, 5.41) is 9.22. The molecule has 0 fully saturated rings. The molecule has 0 radical (unpaired) electrons. The van der Waals surface area contributed by atoms with Gasteiger partial charge < -0.3 is 4.52 Å². The van der Waals surface area contributed by atoms with Crippen LogP contribution in [0.15, 0.2) is 83.5 Å². The van der Waals surface area contributed by atoms with E-state index in [-0.39, 0.29) is 11.6 Å². The van der Waals surface area contributed by atoms with E-state index in [1.165, 1.54) is 24.3 Å². The highest BCUT2D eigenvalue weighted by molar-refractivity contribution is 5.94. The molecule has 0 amide bonds. The lowest BCUT2D eigenvalue weighted by atomic mass is 10.0. The molecule has 0 saturated heterocycles. The van der Waals surface area contributed by atoms with Gasteiger partial charge in [-0.05, 0) is 60.7 Å². The first-order valence-corrected chi connectivity index (χ1v) is 8.65. The van der Waals surface area contributed by atoms with Crippen LogP contribution in [-0.2, 0) is 0 Å². The van der Waals surface area contributed by atoms with Gasteiger partial charge in [-0.15, -0.1) is 0 Å². The minimum Gasteiger partial charge on any atom is -0.355 e. The van der Waals surface area contributed by atoms with Crippen molar-refractivity contribution in [3.63, 3.8) is 0 Å². The lowest BCUT2D eigenvalue weighted by molar-refractivity contribution is 0.441. The molecule has 0 unspecified atom stereocenters. The molecule has 28 heavy (non-hydrogen) atoms. The van der Waals surface area contributed by atoms with E-state index in [4.69, 9.17) is 4.52 Å². The van der Waals surface area contributed by atoms with Crippen molar-refractivity contribution in [2.45, 2.75) is 0 Å². The minimum absolute atomic E-state index is 0.313. The number of hydrogen-bond donors (Lipinski definition) is 0. The van der Waals surface area contributed by atoms with Crippen LogP contribution in [0.25, 0.3) is 39.2 Å². The normalized spacial score (nSPS) is 11.2. The number of benzene rings is 3. The van der Waals surface area contributed by atoms with E-state index in [0.29, 0.717) is 17.0 Å². The molecular formula is C22H13F2N3O. The molecule has 2 heterocycles. The second-order valence-corrected chi connectivity index (χ2v) is 6.36. The van der Waals surface area contributed by atoms with Crippen molar-refractivity contribution in [1.82, 2.24) is 14.9 Å². The van der Waals surface area contributed by atoms with Crippen LogP contribution < -0.4 is 0 Å². The molecular weight excluding hydrogens is 360 g/mol. The van der Waals surface area contributed by atoms with Crippen molar-refractivity contribution < 1.29 is 13.3 Å². The van der Waals surface area contributed by atoms with Crippen LogP contribution in [0.2, 0.25) is 0 Å². The molecule has 3 aromatic carbocycles. The number of nitrogens with zero attached hydrogens (tertiary/aromatic N) is 3. The molecule has 6 heteroatoms. The molecule has 0 aliphatic carbocycles. The van der Waals surface area contributed by atoms with Crippen molar-refractivity contribution in [3.05, 3.63) is 90.6 Å². The van der Waals surface area contributed by atoms with Gasteiger partial charge in [-0.25, -0.2) is 13.5 Å². The zero-order valence-electron chi connectivity index (χ0n) is 14.5.